The molecule has 1 aromatic rings. The Kier molecular flexibility index (Phi) is 5.71. The maximum absolute atomic E-state index is 13.4. The molecule has 0 fully saturated rings. The van der Waals surface area contributed by atoms with Crippen molar-refractivity contribution in [1.82, 2.24) is 5.32 Å². The maximum atomic E-state index is 13.4. The number of hydrogen-bond acceptors (Lipinski definition) is 5. The van der Waals surface area contributed by atoms with Gasteiger partial charge < -0.3 is 10.1 Å². The van der Waals surface area contributed by atoms with Gasteiger partial charge in [0.15, 0.2) is 16.4 Å². The summed E-state index contributed by atoms with van der Waals surface area (Å²) in [6.07, 6.45) is 1.36. The van der Waals surface area contributed by atoms with E-state index in [4.69, 9.17) is 4.74 Å². The second-order valence-electron chi connectivity index (χ2n) is 5.64. The van der Waals surface area contributed by atoms with Crippen LogP contribution in [0.4, 0.5) is 4.39 Å². The van der Waals surface area contributed by atoms with Crippen molar-refractivity contribution in [3.8, 4) is 0 Å². The summed E-state index contributed by atoms with van der Waals surface area (Å²) >= 11 is 0. The molecule has 1 aromatic carbocycles. The predicted octanol–water partition coefficient (Wildman–Crippen LogP) is 1.24. The van der Waals surface area contributed by atoms with Gasteiger partial charge in [-0.1, -0.05) is 18.2 Å². The fourth-order valence-corrected chi connectivity index (χ4v) is 3.58. The zero-order valence-corrected chi connectivity index (χ0v) is 13.9. The Hall–Kier alpha value is -2.22. The summed E-state index contributed by atoms with van der Waals surface area (Å²) < 4.78 is 40.6. The van der Waals surface area contributed by atoms with E-state index in [1.165, 1.54) is 12.1 Å². The topological polar surface area (TPSA) is 89.5 Å². The zero-order valence-electron chi connectivity index (χ0n) is 13.1. The zero-order chi connectivity index (χ0) is 17.7. The van der Waals surface area contributed by atoms with Crippen LogP contribution in [-0.4, -0.2) is 32.7 Å². The molecular formula is C16H18FNO5S. The minimum Gasteiger partial charge on any atom is -0.456 e. The van der Waals surface area contributed by atoms with Gasteiger partial charge in [-0.15, -0.1) is 0 Å². The van der Waals surface area contributed by atoms with E-state index >= 15 is 0 Å². The van der Waals surface area contributed by atoms with E-state index in [9.17, 15) is 22.4 Å². The minimum atomic E-state index is -3.22. The molecule has 0 spiro atoms. The van der Waals surface area contributed by atoms with Crippen LogP contribution in [0.15, 0.2) is 29.7 Å². The normalized spacial score (nSPS) is 18.3. The van der Waals surface area contributed by atoms with Gasteiger partial charge in [0.1, 0.15) is 5.82 Å². The summed E-state index contributed by atoms with van der Waals surface area (Å²) in [6, 6.07) is 4.63. The van der Waals surface area contributed by atoms with Crippen LogP contribution in [0.2, 0.25) is 0 Å². The number of nitrogens with one attached hydrogen (secondary N) is 1. The Morgan fingerprint density at radius 1 is 1.38 bits per heavy atom. The molecule has 0 saturated heterocycles. The number of halogens is 1. The first-order valence-electron chi connectivity index (χ1n) is 7.33. The van der Waals surface area contributed by atoms with Gasteiger partial charge in [0.05, 0.1) is 12.2 Å². The van der Waals surface area contributed by atoms with Crippen molar-refractivity contribution in [1.29, 1.82) is 0 Å². The Balaban J connectivity index is 1.70. The summed E-state index contributed by atoms with van der Waals surface area (Å²) in [5.41, 5.74) is 1.11. The van der Waals surface area contributed by atoms with Crippen LogP contribution in [0.1, 0.15) is 17.5 Å². The number of carbonyl (C=O) groups excluding carboxylic acids is 2. The molecule has 2 rings (SSSR count). The van der Waals surface area contributed by atoms with Gasteiger partial charge >= 0.3 is 5.97 Å². The summed E-state index contributed by atoms with van der Waals surface area (Å²) in [5.74, 6) is -2.04. The van der Waals surface area contributed by atoms with Crippen LogP contribution < -0.4 is 5.32 Å². The SMILES string of the molecule is Cc1ccc(CNC(=O)COC(=O)CC2C=CS(=O)(=O)C2)cc1F. The first-order chi connectivity index (χ1) is 11.2. The van der Waals surface area contributed by atoms with E-state index in [2.05, 4.69) is 5.32 Å². The molecule has 1 amide bonds. The Morgan fingerprint density at radius 2 is 2.12 bits per heavy atom. The average Bonchev–Trinajstić information content (AvgIpc) is 2.85. The van der Waals surface area contributed by atoms with Crippen molar-refractivity contribution < 1.29 is 27.1 Å². The Labute approximate surface area is 139 Å². The van der Waals surface area contributed by atoms with Crippen LogP contribution in [0.3, 0.4) is 0 Å². The lowest BCUT2D eigenvalue weighted by Crippen LogP contribution is -2.28. The molecule has 0 radical (unpaired) electrons. The summed E-state index contributed by atoms with van der Waals surface area (Å²) in [6.45, 7) is 1.30. The van der Waals surface area contributed by atoms with E-state index in [0.717, 1.165) is 5.41 Å². The molecule has 1 N–H and O–H groups in total. The first-order valence-corrected chi connectivity index (χ1v) is 9.05. The molecule has 1 unspecified atom stereocenters. The Morgan fingerprint density at radius 3 is 2.75 bits per heavy atom. The predicted molar refractivity (Wildman–Crippen MR) is 85.0 cm³/mol. The highest BCUT2D eigenvalue weighted by molar-refractivity contribution is 7.94. The molecule has 0 saturated carbocycles. The maximum Gasteiger partial charge on any atom is 0.306 e. The van der Waals surface area contributed by atoms with E-state index in [1.54, 1.807) is 19.1 Å². The summed E-state index contributed by atoms with van der Waals surface area (Å²) in [5, 5.41) is 3.60. The third-order valence-corrected chi connectivity index (χ3v) is 4.99. The summed E-state index contributed by atoms with van der Waals surface area (Å²) in [4.78, 5) is 23.2. The third-order valence-electron chi connectivity index (χ3n) is 3.52. The average molecular weight is 355 g/mol. The van der Waals surface area contributed by atoms with E-state index in [-0.39, 0.29) is 24.5 Å². The lowest BCUT2D eigenvalue weighted by atomic mass is 10.1. The standard InChI is InChI=1S/C16H18FNO5S/c1-11-2-3-12(6-14(11)17)8-18-15(19)9-23-16(20)7-13-4-5-24(21,22)10-13/h2-6,13H,7-10H2,1H3,(H,18,19). The lowest BCUT2D eigenvalue weighted by molar-refractivity contribution is -0.149. The highest BCUT2D eigenvalue weighted by atomic mass is 32.2. The van der Waals surface area contributed by atoms with E-state index in [1.807, 2.05) is 0 Å². The van der Waals surface area contributed by atoms with Crippen molar-refractivity contribution in [3.05, 3.63) is 46.6 Å². The molecule has 1 aliphatic heterocycles. The fraction of sp³-hybridized carbons (Fsp3) is 0.375. The number of esters is 1. The van der Waals surface area contributed by atoms with Gasteiger partial charge in [0.2, 0.25) is 0 Å². The molecule has 130 valence electrons. The number of rotatable bonds is 6. The van der Waals surface area contributed by atoms with Crippen LogP contribution >= 0.6 is 0 Å². The van der Waals surface area contributed by atoms with Crippen molar-refractivity contribution in [2.75, 3.05) is 12.4 Å². The monoisotopic (exact) mass is 355 g/mol. The molecule has 8 heteroatoms. The molecule has 1 aliphatic rings. The lowest BCUT2D eigenvalue weighted by Gasteiger charge is -2.09. The van der Waals surface area contributed by atoms with Crippen LogP contribution in [-0.2, 0) is 30.7 Å². The number of aryl methyl sites for hydroxylation is 1. The molecule has 0 bridgehead atoms. The van der Waals surface area contributed by atoms with Gasteiger partial charge in [-0.25, -0.2) is 12.8 Å². The van der Waals surface area contributed by atoms with Crippen molar-refractivity contribution in [2.45, 2.75) is 19.9 Å². The molecule has 0 aromatic heterocycles. The van der Waals surface area contributed by atoms with Crippen LogP contribution in [0.5, 0.6) is 0 Å². The number of ether oxygens (including phenoxy) is 1. The molecule has 1 atom stereocenters. The summed E-state index contributed by atoms with van der Waals surface area (Å²) in [7, 11) is -3.22. The fourth-order valence-electron chi connectivity index (χ4n) is 2.18. The quantitative estimate of drug-likeness (QED) is 0.776. The smallest absolute Gasteiger partial charge is 0.306 e. The van der Waals surface area contributed by atoms with Gasteiger partial charge in [-0.05, 0) is 24.1 Å². The van der Waals surface area contributed by atoms with E-state index in [0.29, 0.717) is 11.1 Å². The second-order valence-corrected chi connectivity index (χ2v) is 7.57. The highest BCUT2D eigenvalue weighted by Gasteiger charge is 2.24. The molecule has 6 nitrogen and oxygen atoms in total. The largest absolute Gasteiger partial charge is 0.456 e. The van der Waals surface area contributed by atoms with Crippen LogP contribution in [0, 0.1) is 18.7 Å². The number of amides is 1. The van der Waals surface area contributed by atoms with Gasteiger partial charge in [-0.2, -0.15) is 0 Å². The number of hydrogen-bond donors (Lipinski definition) is 1. The van der Waals surface area contributed by atoms with Crippen molar-refractivity contribution in [2.24, 2.45) is 5.92 Å². The van der Waals surface area contributed by atoms with Gasteiger partial charge in [0, 0.05) is 17.9 Å². The van der Waals surface area contributed by atoms with Crippen molar-refractivity contribution in [3.63, 3.8) is 0 Å². The van der Waals surface area contributed by atoms with E-state index < -0.39 is 34.2 Å². The first kappa shape index (κ1) is 18.1. The third kappa shape index (κ3) is 5.45. The number of benzene rings is 1. The van der Waals surface area contributed by atoms with Crippen molar-refractivity contribution >= 4 is 21.7 Å². The Bertz CT molecular complexity index is 773. The number of sulfone groups is 1. The number of carbonyl (C=O) groups is 2. The number of allylic oxidation sites excluding steroid dienone is 1. The van der Waals surface area contributed by atoms with Crippen LogP contribution in [0.25, 0.3) is 0 Å². The second kappa shape index (κ2) is 7.57. The van der Waals surface area contributed by atoms with Gasteiger partial charge in [-0.3, -0.25) is 9.59 Å². The molecular weight excluding hydrogens is 337 g/mol. The van der Waals surface area contributed by atoms with Gasteiger partial charge in [0.25, 0.3) is 5.91 Å². The molecule has 0 aliphatic carbocycles. The highest BCUT2D eigenvalue weighted by Crippen LogP contribution is 2.18. The molecule has 1 heterocycles. The molecule has 24 heavy (non-hydrogen) atoms. The minimum absolute atomic E-state index is 0.0911.